The smallest absolute Gasteiger partial charge is 0.384 e. The van der Waals surface area contributed by atoms with E-state index in [-0.39, 0.29) is 33.6 Å². The van der Waals surface area contributed by atoms with Crippen LogP contribution in [-0.2, 0) is 11.0 Å². The first-order chi connectivity index (χ1) is 15.6. The van der Waals surface area contributed by atoms with Crippen LogP contribution in [0.5, 0.6) is 0 Å². The number of halogens is 4. The molecule has 33 heavy (non-hydrogen) atoms. The second kappa shape index (κ2) is 8.51. The maximum absolute atomic E-state index is 13.8. The molecule has 0 radical (unpaired) electrons. The molecular weight excluding hydrogens is 457 g/mol. The Morgan fingerprint density at radius 1 is 1.18 bits per heavy atom. The number of alkyl halides is 3. The Morgan fingerprint density at radius 3 is 2.52 bits per heavy atom. The molecule has 0 bridgehead atoms. The lowest BCUT2D eigenvalue weighted by molar-refractivity contribution is -0.137. The van der Waals surface area contributed by atoms with Crippen LogP contribution in [0.15, 0.2) is 37.2 Å². The van der Waals surface area contributed by atoms with Crippen molar-refractivity contribution in [2.45, 2.75) is 13.1 Å². The lowest BCUT2D eigenvalue weighted by Gasteiger charge is -2.35. The average molecular weight is 477 g/mol. The van der Waals surface area contributed by atoms with E-state index < -0.39 is 11.7 Å². The van der Waals surface area contributed by atoms with Crippen LogP contribution in [0.4, 0.5) is 24.8 Å². The number of anilines is 2. The number of nitrogens with zero attached hydrogens (tertiary/aromatic N) is 5. The summed E-state index contributed by atoms with van der Waals surface area (Å²) in [7, 11) is 0. The lowest BCUT2D eigenvalue weighted by atomic mass is 9.99. The number of rotatable bonds is 3. The second-order valence-corrected chi connectivity index (χ2v) is 8.06. The number of hydrogen-bond acceptors (Lipinski definition) is 6. The minimum Gasteiger partial charge on any atom is -0.384 e. The van der Waals surface area contributed by atoms with Gasteiger partial charge in [-0.2, -0.15) is 13.2 Å². The fourth-order valence-corrected chi connectivity index (χ4v) is 4.27. The summed E-state index contributed by atoms with van der Waals surface area (Å²) in [5, 5.41) is 0.658. The normalized spacial score (nSPS) is 14.6. The van der Waals surface area contributed by atoms with Gasteiger partial charge in [0.1, 0.15) is 18.0 Å². The van der Waals surface area contributed by atoms with Crippen LogP contribution in [0.1, 0.15) is 11.1 Å². The molecule has 3 aromatic rings. The molecular formula is C22H20ClF3N6O. The predicted molar refractivity (Wildman–Crippen MR) is 121 cm³/mol. The van der Waals surface area contributed by atoms with E-state index in [0.29, 0.717) is 42.9 Å². The van der Waals surface area contributed by atoms with Crippen LogP contribution in [0.3, 0.4) is 0 Å². The lowest BCUT2D eigenvalue weighted by Crippen LogP contribution is -2.48. The predicted octanol–water partition coefficient (Wildman–Crippen LogP) is 4.09. The SMILES string of the molecule is C=CC(=O)N1CCN(c2ncnc3cc(-c4nc(N)cc(C)c4C(F)(F)F)c(Cl)cc23)CC1. The van der Waals surface area contributed by atoms with E-state index >= 15 is 0 Å². The zero-order valence-corrected chi connectivity index (χ0v) is 18.4. The fourth-order valence-electron chi connectivity index (χ4n) is 4.01. The number of piperazine rings is 1. The maximum Gasteiger partial charge on any atom is 0.418 e. The molecule has 2 N–H and O–H groups in total. The van der Waals surface area contributed by atoms with Crippen molar-refractivity contribution in [3.8, 4) is 11.3 Å². The van der Waals surface area contributed by atoms with E-state index in [9.17, 15) is 18.0 Å². The van der Waals surface area contributed by atoms with Gasteiger partial charge in [0.15, 0.2) is 0 Å². The first kappa shape index (κ1) is 22.8. The number of aromatic nitrogens is 3. The van der Waals surface area contributed by atoms with Crippen molar-refractivity contribution < 1.29 is 18.0 Å². The van der Waals surface area contributed by atoms with Crippen LogP contribution in [-0.4, -0.2) is 51.9 Å². The van der Waals surface area contributed by atoms with E-state index in [1.54, 1.807) is 11.0 Å². The van der Waals surface area contributed by atoms with Crippen molar-refractivity contribution in [1.29, 1.82) is 0 Å². The van der Waals surface area contributed by atoms with E-state index in [0.717, 1.165) is 0 Å². The van der Waals surface area contributed by atoms with E-state index in [1.807, 2.05) is 4.90 Å². The summed E-state index contributed by atoms with van der Waals surface area (Å²) in [6, 6.07) is 4.19. The standard InChI is InChI=1S/C22H20ClF3N6O/c1-3-18(33)31-4-6-32(7-5-31)21-14-9-15(23)13(10-16(14)28-11-29-21)20-19(22(24,25)26)12(2)8-17(27)30-20/h3,8-11H,1,4-7H2,2H3,(H2,27,30). The number of fused-ring (bicyclic) bond motifs is 1. The van der Waals surface area contributed by atoms with Gasteiger partial charge >= 0.3 is 6.18 Å². The summed E-state index contributed by atoms with van der Waals surface area (Å²) in [5.41, 5.74) is 4.96. The van der Waals surface area contributed by atoms with Gasteiger partial charge in [-0.3, -0.25) is 4.79 Å². The molecule has 3 heterocycles. The van der Waals surface area contributed by atoms with Crippen LogP contribution in [0.2, 0.25) is 5.02 Å². The number of nitrogens with two attached hydrogens (primary N) is 1. The number of amides is 1. The fraction of sp³-hybridized carbons (Fsp3) is 0.273. The molecule has 7 nitrogen and oxygen atoms in total. The first-order valence-electron chi connectivity index (χ1n) is 10.1. The van der Waals surface area contributed by atoms with Crippen molar-refractivity contribution in [1.82, 2.24) is 19.9 Å². The number of hydrogen-bond donors (Lipinski definition) is 1. The van der Waals surface area contributed by atoms with Gasteiger partial charge in [0.25, 0.3) is 0 Å². The summed E-state index contributed by atoms with van der Waals surface area (Å²) in [6.07, 6.45) is -2.02. The number of carbonyl (C=O) groups excluding carboxylic acids is 1. The third kappa shape index (κ3) is 4.30. The number of aryl methyl sites for hydroxylation is 1. The summed E-state index contributed by atoms with van der Waals surface area (Å²) < 4.78 is 41.4. The van der Waals surface area contributed by atoms with Gasteiger partial charge in [-0.1, -0.05) is 18.2 Å². The highest BCUT2D eigenvalue weighted by Crippen LogP contribution is 2.42. The highest BCUT2D eigenvalue weighted by Gasteiger charge is 2.37. The van der Waals surface area contributed by atoms with Gasteiger partial charge < -0.3 is 15.5 Å². The van der Waals surface area contributed by atoms with Gasteiger partial charge in [-0.15, -0.1) is 0 Å². The molecule has 2 aromatic heterocycles. The molecule has 1 aromatic carbocycles. The highest BCUT2D eigenvalue weighted by atomic mass is 35.5. The van der Waals surface area contributed by atoms with Gasteiger partial charge in [0.05, 0.1) is 21.8 Å². The topological polar surface area (TPSA) is 88.2 Å². The zero-order valence-electron chi connectivity index (χ0n) is 17.7. The first-order valence-corrected chi connectivity index (χ1v) is 10.4. The van der Waals surface area contributed by atoms with Gasteiger partial charge in [0.2, 0.25) is 5.91 Å². The molecule has 0 spiro atoms. The number of nitrogen functional groups attached to an aromatic ring is 1. The Kier molecular flexibility index (Phi) is 5.87. The quantitative estimate of drug-likeness (QED) is 0.573. The molecule has 1 aliphatic heterocycles. The van der Waals surface area contributed by atoms with Crippen molar-refractivity contribution in [3.63, 3.8) is 0 Å². The van der Waals surface area contributed by atoms with Crippen molar-refractivity contribution in [3.05, 3.63) is 53.3 Å². The second-order valence-electron chi connectivity index (χ2n) is 7.65. The zero-order chi connectivity index (χ0) is 23.9. The largest absolute Gasteiger partial charge is 0.418 e. The molecule has 1 saturated heterocycles. The Balaban J connectivity index is 1.79. The summed E-state index contributed by atoms with van der Waals surface area (Å²) in [4.78, 5) is 28.1. The Morgan fingerprint density at radius 2 is 1.88 bits per heavy atom. The highest BCUT2D eigenvalue weighted by molar-refractivity contribution is 6.34. The molecule has 0 atom stereocenters. The summed E-state index contributed by atoms with van der Waals surface area (Å²) in [6.45, 7) is 6.87. The summed E-state index contributed by atoms with van der Waals surface area (Å²) >= 11 is 6.47. The van der Waals surface area contributed by atoms with Crippen LogP contribution in [0, 0.1) is 6.92 Å². The van der Waals surface area contributed by atoms with Crippen LogP contribution >= 0.6 is 11.6 Å². The molecule has 4 rings (SSSR count). The Hall–Kier alpha value is -3.40. The van der Waals surface area contributed by atoms with E-state index in [4.69, 9.17) is 17.3 Å². The molecule has 0 unspecified atom stereocenters. The van der Waals surface area contributed by atoms with E-state index in [2.05, 4.69) is 21.5 Å². The molecule has 172 valence electrons. The van der Waals surface area contributed by atoms with Gasteiger partial charge in [-0.25, -0.2) is 15.0 Å². The van der Waals surface area contributed by atoms with Crippen molar-refractivity contribution >= 4 is 40.0 Å². The number of pyridine rings is 1. The number of benzene rings is 1. The van der Waals surface area contributed by atoms with Crippen LogP contribution < -0.4 is 10.6 Å². The minimum absolute atomic E-state index is 0.0398. The molecule has 0 saturated carbocycles. The minimum atomic E-state index is -4.64. The third-order valence-corrected chi connectivity index (χ3v) is 5.86. The average Bonchev–Trinajstić information content (AvgIpc) is 2.76. The van der Waals surface area contributed by atoms with E-state index in [1.165, 1.54) is 31.5 Å². The molecule has 11 heteroatoms. The molecule has 1 amide bonds. The Labute approximate surface area is 192 Å². The Bertz CT molecular complexity index is 1260. The third-order valence-electron chi connectivity index (χ3n) is 5.54. The molecule has 0 aliphatic carbocycles. The summed E-state index contributed by atoms with van der Waals surface area (Å²) in [5.74, 6) is 0.411. The maximum atomic E-state index is 13.8. The molecule has 1 fully saturated rings. The molecule has 1 aliphatic rings. The van der Waals surface area contributed by atoms with Crippen molar-refractivity contribution in [2.24, 2.45) is 0 Å². The van der Waals surface area contributed by atoms with Crippen LogP contribution in [0.25, 0.3) is 22.2 Å². The van der Waals surface area contributed by atoms with Gasteiger partial charge in [0, 0.05) is 37.1 Å². The van der Waals surface area contributed by atoms with Crippen molar-refractivity contribution in [2.75, 3.05) is 36.8 Å². The number of carbonyl (C=O) groups is 1. The monoisotopic (exact) mass is 476 g/mol. The van der Waals surface area contributed by atoms with Gasteiger partial charge in [-0.05, 0) is 36.8 Å².